The van der Waals surface area contributed by atoms with Crippen molar-refractivity contribution in [1.29, 1.82) is 0 Å². The third-order valence-corrected chi connectivity index (χ3v) is 12.5. The van der Waals surface area contributed by atoms with E-state index in [1.54, 1.807) is 30.8 Å². The van der Waals surface area contributed by atoms with E-state index in [-0.39, 0.29) is 11.8 Å². The maximum absolute atomic E-state index is 11.4. The Morgan fingerprint density at radius 1 is 0.867 bits per heavy atom. The summed E-state index contributed by atoms with van der Waals surface area (Å²) in [6.07, 6.45) is 12.4. The van der Waals surface area contributed by atoms with Crippen molar-refractivity contribution in [2.45, 2.75) is 120 Å². The molecule has 2 aromatic rings. The van der Waals surface area contributed by atoms with Crippen molar-refractivity contribution in [3.05, 3.63) is 59.7 Å². The quantitative estimate of drug-likeness (QED) is 0.151. The van der Waals surface area contributed by atoms with Crippen LogP contribution >= 0.6 is 11.8 Å². The molecule has 7 heteroatoms. The zero-order valence-corrected chi connectivity index (χ0v) is 28.7. The number of aliphatic hydroxyl groups excluding tert-OH is 2. The predicted octanol–water partition coefficient (Wildman–Crippen LogP) is 6.88. The molecule has 4 fully saturated rings. The number of hydrogen-bond acceptors (Lipinski definition) is 7. The molecule has 2 aliphatic heterocycles. The SMILES string of the molecule is C[C@@H]1C[C@@H]2CCCC[C@@H]2CN1.Cc1c(O)cccc1C(O)N[C@@H](CSc1ccccc1)C(O)CN1CC2CCCCC2C[C@H]1C. The molecule has 2 heterocycles. The zero-order chi connectivity index (χ0) is 31.8. The average molecular weight is 638 g/mol. The van der Waals surface area contributed by atoms with Gasteiger partial charge in [-0.1, -0.05) is 68.9 Å². The van der Waals surface area contributed by atoms with Gasteiger partial charge in [0.2, 0.25) is 0 Å². The third kappa shape index (κ3) is 9.71. The van der Waals surface area contributed by atoms with Gasteiger partial charge in [-0.05, 0) is 100 Å². The number of hydrogen-bond donors (Lipinski definition) is 5. The molecule has 0 bridgehead atoms. The number of nitrogens with one attached hydrogen (secondary N) is 2. The molecule has 0 aromatic heterocycles. The Hall–Kier alpha value is -1.61. The summed E-state index contributed by atoms with van der Waals surface area (Å²) in [6.45, 7) is 9.38. The molecule has 5 N–H and O–H groups in total. The van der Waals surface area contributed by atoms with E-state index >= 15 is 0 Å². The van der Waals surface area contributed by atoms with E-state index in [1.165, 1.54) is 70.8 Å². The van der Waals surface area contributed by atoms with Gasteiger partial charge in [-0.3, -0.25) is 10.2 Å². The number of likely N-dealkylation sites (tertiary alicyclic amines) is 1. The van der Waals surface area contributed by atoms with E-state index in [9.17, 15) is 15.3 Å². The van der Waals surface area contributed by atoms with Crippen LogP contribution in [0.3, 0.4) is 0 Å². The summed E-state index contributed by atoms with van der Waals surface area (Å²) in [7, 11) is 0. The minimum atomic E-state index is -0.968. The number of rotatable bonds is 9. The topological polar surface area (TPSA) is 88.0 Å². The first kappa shape index (κ1) is 34.7. The largest absolute Gasteiger partial charge is 0.508 e. The molecule has 6 rings (SSSR count). The summed E-state index contributed by atoms with van der Waals surface area (Å²) in [5.41, 5.74) is 1.29. The first-order valence-electron chi connectivity index (χ1n) is 17.8. The summed E-state index contributed by atoms with van der Waals surface area (Å²) in [5.74, 6) is 4.49. The molecule has 0 spiro atoms. The van der Waals surface area contributed by atoms with Gasteiger partial charge in [-0.25, -0.2) is 0 Å². The van der Waals surface area contributed by atoms with E-state index in [1.807, 2.05) is 24.3 Å². The van der Waals surface area contributed by atoms with Crippen molar-refractivity contribution in [3.63, 3.8) is 0 Å². The summed E-state index contributed by atoms with van der Waals surface area (Å²) in [4.78, 5) is 3.60. The molecule has 45 heavy (non-hydrogen) atoms. The minimum absolute atomic E-state index is 0.165. The fourth-order valence-electron chi connectivity index (χ4n) is 8.48. The van der Waals surface area contributed by atoms with Crippen molar-refractivity contribution in [2.24, 2.45) is 23.7 Å². The van der Waals surface area contributed by atoms with Gasteiger partial charge < -0.3 is 20.6 Å². The molecule has 2 saturated carbocycles. The van der Waals surface area contributed by atoms with Gasteiger partial charge in [-0.15, -0.1) is 11.8 Å². The van der Waals surface area contributed by atoms with Crippen LogP contribution in [0.15, 0.2) is 53.4 Å². The standard InChI is InChI=1S/C28H40N2O3S.C10H19N/c1-19-15-21-9-6-7-10-22(21)16-30(19)17-27(32)25(18-34-23-11-4-3-5-12-23)29-28(33)24-13-8-14-26(31)20(24)2;1-8-6-9-4-2-3-5-10(9)7-11-8/h3-5,8,11-14,19,21-22,25,27-29,31-33H,6-7,9-10,15-18H2,1-2H3;8-11H,2-7H2,1H3/t19-,21?,22?,25+,27?,28?;8-,9+,10-/m11/s1. The highest BCUT2D eigenvalue weighted by Crippen LogP contribution is 2.39. The van der Waals surface area contributed by atoms with Crippen LogP contribution in [-0.2, 0) is 0 Å². The van der Waals surface area contributed by atoms with E-state index in [0.29, 0.717) is 29.5 Å². The van der Waals surface area contributed by atoms with Gasteiger partial charge in [0.25, 0.3) is 0 Å². The first-order valence-corrected chi connectivity index (χ1v) is 18.8. The van der Waals surface area contributed by atoms with Crippen LogP contribution in [0.25, 0.3) is 0 Å². The monoisotopic (exact) mass is 637 g/mol. The lowest BCUT2D eigenvalue weighted by Crippen LogP contribution is -2.54. The number of fused-ring (bicyclic) bond motifs is 2. The van der Waals surface area contributed by atoms with Crippen LogP contribution in [0, 0.1) is 30.6 Å². The average Bonchev–Trinajstić information content (AvgIpc) is 3.05. The van der Waals surface area contributed by atoms with E-state index in [0.717, 1.165) is 41.2 Å². The Morgan fingerprint density at radius 3 is 2.27 bits per heavy atom. The third-order valence-electron chi connectivity index (χ3n) is 11.3. The Labute approximate surface area is 276 Å². The van der Waals surface area contributed by atoms with Crippen molar-refractivity contribution in [1.82, 2.24) is 15.5 Å². The Bertz CT molecular complexity index is 1170. The maximum atomic E-state index is 11.4. The molecule has 250 valence electrons. The van der Waals surface area contributed by atoms with E-state index in [4.69, 9.17) is 0 Å². The van der Waals surface area contributed by atoms with Crippen molar-refractivity contribution >= 4 is 11.8 Å². The van der Waals surface area contributed by atoms with Crippen LogP contribution in [0.5, 0.6) is 5.75 Å². The molecular weight excluding hydrogens is 579 g/mol. The number of benzene rings is 2. The first-order chi connectivity index (χ1) is 21.8. The number of aromatic hydroxyl groups is 1. The van der Waals surface area contributed by atoms with Crippen molar-refractivity contribution in [3.8, 4) is 5.75 Å². The summed E-state index contributed by atoms with van der Waals surface area (Å²) < 4.78 is 0. The summed E-state index contributed by atoms with van der Waals surface area (Å²) in [5, 5.41) is 39.3. The number of thioether (sulfide) groups is 1. The molecular formula is C38H59N3O3S. The summed E-state index contributed by atoms with van der Waals surface area (Å²) >= 11 is 1.68. The number of piperidine rings is 2. The van der Waals surface area contributed by atoms with E-state index < -0.39 is 12.3 Å². The minimum Gasteiger partial charge on any atom is -0.508 e. The molecule has 6 nitrogen and oxygen atoms in total. The normalized spacial score (nSPS) is 30.6. The lowest BCUT2D eigenvalue weighted by atomic mass is 9.73. The number of phenols is 1. The highest BCUT2D eigenvalue weighted by atomic mass is 32.2. The number of aliphatic hydroxyl groups is 2. The van der Waals surface area contributed by atoms with Crippen LogP contribution in [0.4, 0.5) is 0 Å². The second kappa shape index (κ2) is 17.0. The van der Waals surface area contributed by atoms with E-state index in [2.05, 4.69) is 41.5 Å². The van der Waals surface area contributed by atoms with Crippen LogP contribution in [0.2, 0.25) is 0 Å². The number of nitrogens with zero attached hydrogens (tertiary/aromatic N) is 1. The molecule has 0 amide bonds. The molecule has 4 aliphatic rings. The Kier molecular flexibility index (Phi) is 13.1. The van der Waals surface area contributed by atoms with Gasteiger partial charge in [0.15, 0.2) is 0 Å². The lowest BCUT2D eigenvalue weighted by Gasteiger charge is -2.46. The highest BCUT2D eigenvalue weighted by Gasteiger charge is 2.36. The van der Waals surface area contributed by atoms with Crippen LogP contribution < -0.4 is 10.6 Å². The van der Waals surface area contributed by atoms with Gasteiger partial charge in [-0.2, -0.15) is 0 Å². The molecule has 4 unspecified atom stereocenters. The molecule has 2 aromatic carbocycles. The molecule has 9 atom stereocenters. The summed E-state index contributed by atoms with van der Waals surface area (Å²) in [6, 6.07) is 16.3. The second-order valence-corrected chi connectivity index (χ2v) is 15.6. The van der Waals surface area contributed by atoms with Gasteiger partial charge in [0.05, 0.1) is 6.10 Å². The van der Waals surface area contributed by atoms with Gasteiger partial charge >= 0.3 is 0 Å². The maximum Gasteiger partial charge on any atom is 0.131 e. The molecule has 2 saturated heterocycles. The predicted molar refractivity (Wildman–Crippen MR) is 187 cm³/mol. The van der Waals surface area contributed by atoms with Gasteiger partial charge in [0.1, 0.15) is 12.0 Å². The zero-order valence-electron chi connectivity index (χ0n) is 27.9. The van der Waals surface area contributed by atoms with Gasteiger partial charge in [0, 0.05) is 47.4 Å². The Balaban J connectivity index is 0.000000304. The van der Waals surface area contributed by atoms with Crippen LogP contribution in [-0.4, -0.2) is 69.8 Å². The lowest BCUT2D eigenvalue weighted by molar-refractivity contribution is -0.00249. The fraction of sp³-hybridized carbons (Fsp3) is 0.684. The Morgan fingerprint density at radius 2 is 1.53 bits per heavy atom. The smallest absolute Gasteiger partial charge is 0.131 e. The molecule has 0 radical (unpaired) electrons. The second-order valence-electron chi connectivity index (χ2n) is 14.6. The van der Waals surface area contributed by atoms with Crippen molar-refractivity contribution < 1.29 is 15.3 Å². The number of β-amino-alcohol motifs (C(OH)–C–C–N with tert-alkyl or cyclic N) is 1. The fourth-order valence-corrected chi connectivity index (χ4v) is 9.52. The highest BCUT2D eigenvalue weighted by molar-refractivity contribution is 7.99. The van der Waals surface area contributed by atoms with Crippen molar-refractivity contribution in [2.75, 3.05) is 25.4 Å². The molecule has 2 aliphatic carbocycles. The number of phenolic OH excluding ortho intramolecular Hbond substituents is 1. The van der Waals surface area contributed by atoms with Crippen LogP contribution in [0.1, 0.15) is 95.4 Å².